The van der Waals surface area contributed by atoms with Crippen LogP contribution in [0.2, 0.25) is 0 Å². The molecule has 0 atom stereocenters. The first kappa shape index (κ1) is 22.4. The van der Waals surface area contributed by atoms with Crippen LogP contribution in [-0.4, -0.2) is 47.8 Å². The number of benzene rings is 2. The maximum Gasteiger partial charge on any atom is 0.255 e. The zero-order chi connectivity index (χ0) is 23.2. The second-order valence-electron chi connectivity index (χ2n) is 8.06. The molecule has 0 radical (unpaired) electrons. The van der Waals surface area contributed by atoms with E-state index < -0.39 is 0 Å². The molecule has 2 heterocycles. The van der Waals surface area contributed by atoms with Crippen molar-refractivity contribution in [2.24, 2.45) is 0 Å². The predicted molar refractivity (Wildman–Crippen MR) is 128 cm³/mol. The summed E-state index contributed by atoms with van der Waals surface area (Å²) in [5, 5.41) is 7.63. The van der Waals surface area contributed by atoms with E-state index in [9.17, 15) is 4.79 Å². The molecule has 2 aromatic heterocycles. The fourth-order valence-electron chi connectivity index (χ4n) is 3.32. The van der Waals surface area contributed by atoms with Crippen LogP contribution in [0.1, 0.15) is 21.7 Å². The maximum atomic E-state index is 13.1. The monoisotopic (exact) mass is 444 g/mol. The van der Waals surface area contributed by atoms with Gasteiger partial charge in [-0.05, 0) is 63.0 Å². The highest BCUT2D eigenvalue weighted by molar-refractivity contribution is 5.99. The Morgan fingerprint density at radius 2 is 1.82 bits per heavy atom. The highest BCUT2D eigenvalue weighted by Crippen LogP contribution is 2.26. The van der Waals surface area contributed by atoms with E-state index in [1.165, 1.54) is 0 Å². The number of carbonyl (C=O) groups is 1. The molecule has 0 saturated carbocycles. The molecule has 33 heavy (non-hydrogen) atoms. The summed E-state index contributed by atoms with van der Waals surface area (Å²) in [7, 11) is 4.02. The van der Waals surface area contributed by atoms with Crippen LogP contribution in [0.3, 0.4) is 0 Å². The summed E-state index contributed by atoms with van der Waals surface area (Å²) in [6, 6.07) is 21.1. The Labute approximate surface area is 193 Å². The zero-order valence-electron chi connectivity index (χ0n) is 19.1. The lowest BCUT2D eigenvalue weighted by Gasteiger charge is -2.11. The van der Waals surface area contributed by atoms with Gasteiger partial charge < -0.3 is 19.4 Å². The van der Waals surface area contributed by atoms with Crippen LogP contribution in [0, 0.1) is 6.92 Å². The van der Waals surface area contributed by atoms with Crippen molar-refractivity contribution < 1.29 is 13.9 Å². The number of hydrogen-bond acceptors (Lipinski definition) is 5. The Hall–Kier alpha value is -3.84. The number of aromatic nitrogens is 2. The van der Waals surface area contributed by atoms with Gasteiger partial charge >= 0.3 is 0 Å². The van der Waals surface area contributed by atoms with E-state index >= 15 is 0 Å². The highest BCUT2D eigenvalue weighted by Gasteiger charge is 2.20. The average Bonchev–Trinajstić information content (AvgIpc) is 3.45. The molecule has 0 spiro atoms. The summed E-state index contributed by atoms with van der Waals surface area (Å²) >= 11 is 0. The van der Waals surface area contributed by atoms with Crippen molar-refractivity contribution in [2.45, 2.75) is 13.5 Å². The summed E-state index contributed by atoms with van der Waals surface area (Å²) in [6.07, 6.45) is 1.74. The molecule has 0 aliphatic carbocycles. The van der Waals surface area contributed by atoms with Gasteiger partial charge in [-0.3, -0.25) is 4.79 Å². The van der Waals surface area contributed by atoms with E-state index in [0.717, 1.165) is 29.3 Å². The van der Waals surface area contributed by atoms with Crippen molar-refractivity contribution in [3.63, 3.8) is 0 Å². The number of rotatable bonds is 9. The average molecular weight is 445 g/mol. The van der Waals surface area contributed by atoms with Crippen LogP contribution in [-0.2, 0) is 6.54 Å². The normalized spacial score (nSPS) is 11.0. The lowest BCUT2D eigenvalue weighted by Crippen LogP contribution is -2.23. The molecule has 4 rings (SSSR count). The first-order valence-electron chi connectivity index (χ1n) is 10.9. The molecular formula is C26H28N4O3. The molecule has 2 aromatic carbocycles. The van der Waals surface area contributed by atoms with Gasteiger partial charge in [0.2, 0.25) is 0 Å². The quantitative estimate of drug-likeness (QED) is 0.416. The summed E-state index contributed by atoms with van der Waals surface area (Å²) in [5.74, 6) is 1.92. The van der Waals surface area contributed by atoms with Crippen LogP contribution < -0.4 is 10.1 Å². The number of amides is 1. The van der Waals surface area contributed by atoms with Crippen molar-refractivity contribution in [1.29, 1.82) is 0 Å². The highest BCUT2D eigenvalue weighted by atomic mass is 16.5. The minimum absolute atomic E-state index is 0.215. The van der Waals surface area contributed by atoms with E-state index in [0.29, 0.717) is 30.2 Å². The minimum Gasteiger partial charge on any atom is -0.492 e. The molecule has 0 aliphatic rings. The number of hydrogen-bond donors (Lipinski definition) is 1. The summed E-state index contributed by atoms with van der Waals surface area (Å²) in [6.45, 7) is 3.74. The van der Waals surface area contributed by atoms with Gasteiger partial charge in [-0.1, -0.05) is 30.3 Å². The summed E-state index contributed by atoms with van der Waals surface area (Å²) in [5.41, 5.74) is 2.81. The standard InChI is InChI=1S/C26H28N4O3/c1-19-9-14-24(33-19)25-23(18-30(28-25)21-7-5-4-6-8-21)26(31)27-17-20-10-12-22(13-11-20)32-16-15-29(2)3/h4-14,18H,15-17H2,1-3H3,(H,27,31). The Bertz CT molecular complexity index is 1190. The van der Waals surface area contributed by atoms with E-state index in [4.69, 9.17) is 9.15 Å². The number of furan rings is 1. The van der Waals surface area contributed by atoms with Gasteiger partial charge in [-0.15, -0.1) is 0 Å². The smallest absolute Gasteiger partial charge is 0.255 e. The third kappa shape index (κ3) is 5.70. The number of ether oxygens (including phenoxy) is 1. The molecule has 7 heteroatoms. The third-order valence-electron chi connectivity index (χ3n) is 5.14. The Kier molecular flexibility index (Phi) is 6.90. The molecule has 1 amide bonds. The Morgan fingerprint density at radius 1 is 1.06 bits per heavy atom. The molecular weight excluding hydrogens is 416 g/mol. The lowest BCUT2D eigenvalue weighted by atomic mass is 10.1. The largest absolute Gasteiger partial charge is 0.492 e. The van der Waals surface area contributed by atoms with Gasteiger partial charge in [0.25, 0.3) is 5.91 Å². The van der Waals surface area contributed by atoms with Gasteiger partial charge in [0.1, 0.15) is 23.8 Å². The fourth-order valence-corrected chi connectivity index (χ4v) is 3.32. The van der Waals surface area contributed by atoms with Crippen LogP contribution in [0.25, 0.3) is 17.1 Å². The zero-order valence-corrected chi connectivity index (χ0v) is 19.1. The molecule has 4 aromatic rings. The van der Waals surface area contributed by atoms with Crippen molar-refractivity contribution in [3.8, 4) is 22.9 Å². The molecule has 0 fully saturated rings. The van der Waals surface area contributed by atoms with Gasteiger partial charge in [-0.2, -0.15) is 5.10 Å². The number of aryl methyl sites for hydroxylation is 1. The third-order valence-corrected chi connectivity index (χ3v) is 5.14. The van der Waals surface area contributed by atoms with Crippen molar-refractivity contribution in [3.05, 3.63) is 89.8 Å². The van der Waals surface area contributed by atoms with E-state index in [2.05, 4.69) is 15.3 Å². The van der Waals surface area contributed by atoms with Gasteiger partial charge in [-0.25, -0.2) is 4.68 Å². The van der Waals surface area contributed by atoms with Gasteiger partial charge in [0, 0.05) is 19.3 Å². The molecule has 0 bridgehead atoms. The van der Waals surface area contributed by atoms with Crippen LogP contribution in [0.15, 0.2) is 77.3 Å². The van der Waals surface area contributed by atoms with Crippen molar-refractivity contribution >= 4 is 5.91 Å². The van der Waals surface area contributed by atoms with E-state index in [-0.39, 0.29) is 5.91 Å². The molecule has 1 N–H and O–H groups in total. The molecule has 0 saturated heterocycles. The number of likely N-dealkylation sites (N-methyl/N-ethyl adjacent to an activating group) is 1. The topological polar surface area (TPSA) is 72.5 Å². The second-order valence-corrected chi connectivity index (χ2v) is 8.06. The molecule has 0 aliphatic heterocycles. The van der Waals surface area contributed by atoms with Crippen LogP contribution in [0.4, 0.5) is 0 Å². The summed E-state index contributed by atoms with van der Waals surface area (Å²) < 4.78 is 13.2. The molecule has 170 valence electrons. The Morgan fingerprint density at radius 3 is 2.48 bits per heavy atom. The van der Waals surface area contributed by atoms with Crippen molar-refractivity contribution in [1.82, 2.24) is 20.0 Å². The first-order chi connectivity index (χ1) is 16.0. The lowest BCUT2D eigenvalue weighted by molar-refractivity contribution is 0.0951. The van der Waals surface area contributed by atoms with Crippen LogP contribution in [0.5, 0.6) is 5.75 Å². The Balaban J connectivity index is 1.48. The van der Waals surface area contributed by atoms with Crippen molar-refractivity contribution in [2.75, 3.05) is 27.2 Å². The first-order valence-corrected chi connectivity index (χ1v) is 10.9. The summed E-state index contributed by atoms with van der Waals surface area (Å²) in [4.78, 5) is 15.2. The van der Waals surface area contributed by atoms with Gasteiger partial charge in [0.15, 0.2) is 5.76 Å². The second kappa shape index (κ2) is 10.2. The maximum absolute atomic E-state index is 13.1. The minimum atomic E-state index is -0.215. The fraction of sp³-hybridized carbons (Fsp3) is 0.231. The predicted octanol–water partition coefficient (Wildman–Crippen LogP) is 4.31. The number of carbonyl (C=O) groups excluding carboxylic acids is 1. The SMILES string of the molecule is Cc1ccc(-c2nn(-c3ccccc3)cc2C(=O)NCc2ccc(OCCN(C)C)cc2)o1. The van der Waals surface area contributed by atoms with E-state index in [1.54, 1.807) is 10.9 Å². The van der Waals surface area contributed by atoms with E-state index in [1.807, 2.05) is 87.7 Å². The molecule has 0 unspecified atom stereocenters. The number of nitrogens with one attached hydrogen (secondary N) is 1. The van der Waals surface area contributed by atoms with Crippen LogP contribution >= 0.6 is 0 Å². The molecule has 7 nitrogen and oxygen atoms in total. The number of para-hydroxylation sites is 1. The van der Waals surface area contributed by atoms with Gasteiger partial charge in [0.05, 0.1) is 11.3 Å². The number of nitrogens with zero attached hydrogens (tertiary/aromatic N) is 3.